The Labute approximate surface area is 145 Å². The van der Waals surface area contributed by atoms with E-state index in [1.54, 1.807) is 13.8 Å². The van der Waals surface area contributed by atoms with Gasteiger partial charge in [-0.05, 0) is 49.2 Å². The lowest BCUT2D eigenvalue weighted by Gasteiger charge is -2.16. The molecule has 0 unspecified atom stereocenters. The molecular formula is C17H18F2N2O3S. The van der Waals surface area contributed by atoms with Crippen molar-refractivity contribution in [1.29, 1.82) is 0 Å². The van der Waals surface area contributed by atoms with Crippen LogP contribution in [0.2, 0.25) is 0 Å². The monoisotopic (exact) mass is 368 g/mol. The van der Waals surface area contributed by atoms with E-state index < -0.39 is 27.6 Å². The van der Waals surface area contributed by atoms with Crippen molar-refractivity contribution in [2.24, 2.45) is 0 Å². The maximum Gasteiger partial charge on any atom is 0.255 e. The van der Waals surface area contributed by atoms with Crippen molar-refractivity contribution in [3.8, 4) is 0 Å². The molecule has 25 heavy (non-hydrogen) atoms. The van der Waals surface area contributed by atoms with E-state index in [0.29, 0.717) is 17.2 Å². The molecule has 0 aliphatic carbocycles. The van der Waals surface area contributed by atoms with E-state index in [9.17, 15) is 22.0 Å². The van der Waals surface area contributed by atoms with Gasteiger partial charge in [0.05, 0.1) is 10.6 Å². The normalized spacial score (nSPS) is 11.6. The Bertz CT molecular complexity index is 941. The topological polar surface area (TPSA) is 66.5 Å². The number of sulfonamides is 1. The van der Waals surface area contributed by atoms with Gasteiger partial charge in [0.1, 0.15) is 11.6 Å². The van der Waals surface area contributed by atoms with E-state index in [1.807, 2.05) is 0 Å². The molecule has 5 nitrogen and oxygen atoms in total. The Balaban J connectivity index is 2.46. The second kappa shape index (κ2) is 6.89. The van der Waals surface area contributed by atoms with E-state index in [1.165, 1.54) is 26.2 Å². The Morgan fingerprint density at radius 2 is 1.72 bits per heavy atom. The molecule has 2 aromatic rings. The van der Waals surface area contributed by atoms with Crippen LogP contribution in [0.5, 0.6) is 0 Å². The second-order valence-electron chi connectivity index (χ2n) is 5.78. The molecule has 0 saturated carbocycles. The molecule has 0 radical (unpaired) electrons. The Kier molecular flexibility index (Phi) is 5.24. The number of hydrogen-bond acceptors (Lipinski definition) is 3. The van der Waals surface area contributed by atoms with E-state index >= 15 is 0 Å². The first-order valence-electron chi connectivity index (χ1n) is 7.34. The third kappa shape index (κ3) is 3.85. The summed E-state index contributed by atoms with van der Waals surface area (Å²) in [5.41, 5.74) is 1.000. The first kappa shape index (κ1) is 19.0. The summed E-state index contributed by atoms with van der Waals surface area (Å²) in [4.78, 5) is 12.4. The molecule has 2 rings (SSSR count). The highest BCUT2D eigenvalue weighted by atomic mass is 32.2. The van der Waals surface area contributed by atoms with Crippen LogP contribution in [0.1, 0.15) is 21.5 Å². The van der Waals surface area contributed by atoms with Gasteiger partial charge in [-0.15, -0.1) is 0 Å². The Morgan fingerprint density at radius 1 is 1.08 bits per heavy atom. The highest BCUT2D eigenvalue weighted by Gasteiger charge is 2.23. The fraction of sp³-hybridized carbons (Fsp3) is 0.235. The third-order valence-corrected chi connectivity index (χ3v) is 5.76. The standard InChI is InChI=1S/C17H18F2N2O3S/c1-10-7-12(8-16(11(10)2)25(23,24)21(3)4)17(22)20-15-6-5-13(18)9-14(15)19/h5-9H,1-4H3,(H,20,22). The average Bonchev–Trinajstić information content (AvgIpc) is 2.52. The molecule has 2 aromatic carbocycles. The quantitative estimate of drug-likeness (QED) is 0.902. The molecular weight excluding hydrogens is 350 g/mol. The van der Waals surface area contributed by atoms with Crippen LogP contribution in [0.4, 0.5) is 14.5 Å². The number of halogens is 2. The van der Waals surface area contributed by atoms with Crippen LogP contribution in [-0.4, -0.2) is 32.7 Å². The van der Waals surface area contributed by atoms with Gasteiger partial charge in [0.2, 0.25) is 10.0 Å². The summed E-state index contributed by atoms with van der Waals surface area (Å²) in [5, 5.41) is 2.32. The zero-order valence-electron chi connectivity index (χ0n) is 14.2. The van der Waals surface area contributed by atoms with Crippen LogP contribution in [-0.2, 0) is 10.0 Å². The molecule has 0 aliphatic heterocycles. The van der Waals surface area contributed by atoms with E-state index in [4.69, 9.17) is 0 Å². The fourth-order valence-corrected chi connectivity index (χ4v) is 3.43. The summed E-state index contributed by atoms with van der Waals surface area (Å²) < 4.78 is 52.5. The van der Waals surface area contributed by atoms with Crippen molar-refractivity contribution in [1.82, 2.24) is 4.31 Å². The molecule has 0 heterocycles. The summed E-state index contributed by atoms with van der Waals surface area (Å²) >= 11 is 0. The van der Waals surface area contributed by atoms with Crippen LogP contribution in [0.15, 0.2) is 35.2 Å². The Hall–Kier alpha value is -2.32. The van der Waals surface area contributed by atoms with Gasteiger partial charge in [-0.25, -0.2) is 21.5 Å². The molecule has 0 aliphatic rings. The minimum absolute atomic E-state index is 0.00206. The zero-order valence-corrected chi connectivity index (χ0v) is 15.0. The molecule has 1 amide bonds. The highest BCUT2D eigenvalue weighted by Crippen LogP contribution is 2.24. The lowest BCUT2D eigenvalue weighted by atomic mass is 10.1. The van der Waals surface area contributed by atoms with Gasteiger partial charge in [-0.2, -0.15) is 0 Å². The highest BCUT2D eigenvalue weighted by molar-refractivity contribution is 7.89. The molecule has 8 heteroatoms. The SMILES string of the molecule is Cc1cc(C(=O)Nc2ccc(F)cc2F)cc(S(=O)(=O)N(C)C)c1C. The van der Waals surface area contributed by atoms with Crippen molar-refractivity contribution in [2.45, 2.75) is 18.7 Å². The summed E-state index contributed by atoms with van der Waals surface area (Å²) in [5.74, 6) is -2.37. The molecule has 134 valence electrons. The molecule has 0 spiro atoms. The lowest BCUT2D eigenvalue weighted by molar-refractivity contribution is 0.102. The number of carbonyl (C=O) groups is 1. The number of carbonyl (C=O) groups excluding carboxylic acids is 1. The van der Waals surface area contributed by atoms with Gasteiger partial charge in [-0.1, -0.05) is 0 Å². The Morgan fingerprint density at radius 3 is 2.28 bits per heavy atom. The fourth-order valence-electron chi connectivity index (χ4n) is 2.21. The molecule has 0 bridgehead atoms. The smallest absolute Gasteiger partial charge is 0.255 e. The zero-order chi connectivity index (χ0) is 18.9. The number of nitrogens with zero attached hydrogens (tertiary/aromatic N) is 1. The number of amides is 1. The maximum atomic E-state index is 13.7. The average molecular weight is 368 g/mol. The predicted molar refractivity (Wildman–Crippen MR) is 91.1 cm³/mol. The van der Waals surface area contributed by atoms with Gasteiger partial charge in [0, 0.05) is 25.7 Å². The van der Waals surface area contributed by atoms with Crippen molar-refractivity contribution in [2.75, 3.05) is 19.4 Å². The molecule has 0 fully saturated rings. The first-order chi connectivity index (χ1) is 11.5. The third-order valence-electron chi connectivity index (χ3n) is 3.82. The second-order valence-corrected chi connectivity index (χ2v) is 7.90. The maximum absolute atomic E-state index is 13.7. The van der Waals surface area contributed by atoms with E-state index in [2.05, 4.69) is 5.32 Å². The number of benzene rings is 2. The van der Waals surface area contributed by atoms with E-state index in [0.717, 1.165) is 16.4 Å². The van der Waals surface area contributed by atoms with Crippen molar-refractivity contribution in [3.05, 3.63) is 58.7 Å². The van der Waals surface area contributed by atoms with Gasteiger partial charge in [-0.3, -0.25) is 4.79 Å². The van der Waals surface area contributed by atoms with Crippen LogP contribution < -0.4 is 5.32 Å². The molecule has 0 saturated heterocycles. The minimum atomic E-state index is -3.74. The summed E-state index contributed by atoms with van der Waals surface area (Å²) in [6.07, 6.45) is 0. The van der Waals surface area contributed by atoms with Crippen LogP contribution in [0, 0.1) is 25.5 Å². The van der Waals surface area contributed by atoms with Crippen molar-refractivity contribution < 1.29 is 22.0 Å². The first-order valence-corrected chi connectivity index (χ1v) is 8.78. The van der Waals surface area contributed by atoms with Crippen LogP contribution >= 0.6 is 0 Å². The summed E-state index contributed by atoms with van der Waals surface area (Å²) in [6, 6.07) is 5.52. The van der Waals surface area contributed by atoms with E-state index in [-0.39, 0.29) is 16.1 Å². The molecule has 1 N–H and O–H groups in total. The minimum Gasteiger partial charge on any atom is -0.319 e. The largest absolute Gasteiger partial charge is 0.319 e. The van der Waals surface area contributed by atoms with Gasteiger partial charge >= 0.3 is 0 Å². The summed E-state index contributed by atoms with van der Waals surface area (Å²) in [7, 11) is -0.956. The number of nitrogens with one attached hydrogen (secondary N) is 1. The van der Waals surface area contributed by atoms with Gasteiger partial charge in [0.15, 0.2) is 0 Å². The lowest BCUT2D eigenvalue weighted by Crippen LogP contribution is -2.24. The molecule has 0 aromatic heterocycles. The molecule has 0 atom stereocenters. The van der Waals surface area contributed by atoms with Crippen molar-refractivity contribution in [3.63, 3.8) is 0 Å². The summed E-state index contributed by atoms with van der Waals surface area (Å²) in [6.45, 7) is 3.33. The van der Waals surface area contributed by atoms with Gasteiger partial charge in [0.25, 0.3) is 5.91 Å². The van der Waals surface area contributed by atoms with Crippen LogP contribution in [0.3, 0.4) is 0 Å². The van der Waals surface area contributed by atoms with Crippen molar-refractivity contribution >= 4 is 21.6 Å². The number of rotatable bonds is 4. The van der Waals surface area contributed by atoms with Gasteiger partial charge < -0.3 is 5.32 Å². The number of hydrogen-bond donors (Lipinski definition) is 1. The number of anilines is 1. The number of aryl methyl sites for hydroxylation is 1. The predicted octanol–water partition coefficient (Wildman–Crippen LogP) is 3.08. The van der Waals surface area contributed by atoms with Crippen LogP contribution in [0.25, 0.3) is 0 Å².